The van der Waals surface area contributed by atoms with E-state index in [1.807, 2.05) is 25.2 Å². The minimum Gasteiger partial charge on any atom is -0.486 e. The topological polar surface area (TPSA) is 38.8 Å². The molecule has 0 N–H and O–H groups in total. The molecule has 1 aliphatic rings. The van der Waals surface area contributed by atoms with Crippen LogP contribution >= 0.6 is 0 Å². The van der Waals surface area contributed by atoms with Gasteiger partial charge in [-0.05, 0) is 25.5 Å². The highest BCUT2D eigenvalue weighted by atomic mass is 16.6. The Kier molecular flexibility index (Phi) is 4.07. The average Bonchev–Trinajstić information content (AvgIpc) is 2.37. The van der Waals surface area contributed by atoms with Gasteiger partial charge in [0.2, 0.25) is 0 Å². The highest BCUT2D eigenvalue weighted by molar-refractivity contribution is 5.75. The summed E-state index contributed by atoms with van der Waals surface area (Å²) in [6.45, 7) is 3.70. The van der Waals surface area contributed by atoms with Gasteiger partial charge in [0.15, 0.2) is 11.5 Å². The Hall–Kier alpha value is -1.71. The lowest BCUT2D eigenvalue weighted by molar-refractivity contribution is -0.117. The second-order valence-electron chi connectivity index (χ2n) is 4.56. The van der Waals surface area contributed by atoms with Crippen LogP contribution in [-0.2, 0) is 4.79 Å². The van der Waals surface area contributed by atoms with Crippen LogP contribution in [0.5, 0.6) is 11.5 Å². The Balaban J connectivity index is 1.97. The lowest BCUT2D eigenvalue weighted by Gasteiger charge is -2.23. The Labute approximate surface area is 107 Å². The summed E-state index contributed by atoms with van der Waals surface area (Å²) < 4.78 is 11.0. The van der Waals surface area contributed by atoms with Crippen molar-refractivity contribution < 1.29 is 14.3 Å². The number of carbonyl (C=O) groups is 1. The summed E-state index contributed by atoms with van der Waals surface area (Å²) in [6.07, 6.45) is 1.51. The molecule has 0 aromatic heterocycles. The molecule has 98 valence electrons. The maximum absolute atomic E-state index is 10.9. The van der Waals surface area contributed by atoms with Gasteiger partial charge in [-0.25, -0.2) is 0 Å². The first-order chi connectivity index (χ1) is 8.66. The molecule has 1 aromatic carbocycles. The second-order valence-corrected chi connectivity index (χ2v) is 4.56. The molecular weight excluding hydrogens is 230 g/mol. The third kappa shape index (κ3) is 3.15. The fourth-order valence-corrected chi connectivity index (χ4v) is 1.96. The second kappa shape index (κ2) is 5.76. The number of rotatable bonds is 5. The number of nitrogens with zero attached hydrogens (tertiary/aromatic N) is 1. The Bertz CT molecular complexity index is 431. The first-order valence-electron chi connectivity index (χ1n) is 6.27. The van der Waals surface area contributed by atoms with E-state index in [2.05, 4.69) is 4.90 Å². The number of ketones is 1. The highest BCUT2D eigenvalue weighted by Gasteiger charge is 2.13. The maximum Gasteiger partial charge on any atom is 0.163 e. The summed E-state index contributed by atoms with van der Waals surface area (Å²) >= 11 is 0. The molecule has 0 amide bonds. The molecule has 2 rings (SSSR count). The Morgan fingerprint density at radius 1 is 1.28 bits per heavy atom. The van der Waals surface area contributed by atoms with Crippen LogP contribution in [0.25, 0.3) is 0 Å². The predicted octanol–water partition coefficient (Wildman–Crippen LogP) is 2.26. The van der Waals surface area contributed by atoms with Gasteiger partial charge in [-0.1, -0.05) is 0 Å². The summed E-state index contributed by atoms with van der Waals surface area (Å²) in [7, 11) is 2.02. The minimum atomic E-state index is 0.241. The monoisotopic (exact) mass is 249 g/mol. The van der Waals surface area contributed by atoms with Gasteiger partial charge in [-0.15, -0.1) is 0 Å². The molecular formula is C14H19NO3. The van der Waals surface area contributed by atoms with Gasteiger partial charge >= 0.3 is 0 Å². The van der Waals surface area contributed by atoms with Crippen molar-refractivity contribution in [3.05, 3.63) is 18.2 Å². The molecule has 4 heteroatoms. The number of ether oxygens (including phenoxy) is 2. The summed E-state index contributed by atoms with van der Waals surface area (Å²) in [5.74, 6) is 1.85. The largest absolute Gasteiger partial charge is 0.486 e. The molecule has 4 nitrogen and oxygen atoms in total. The van der Waals surface area contributed by atoms with Crippen molar-refractivity contribution in [2.45, 2.75) is 19.8 Å². The van der Waals surface area contributed by atoms with Crippen LogP contribution in [0.15, 0.2) is 18.2 Å². The summed E-state index contributed by atoms with van der Waals surface area (Å²) in [5, 5.41) is 0. The van der Waals surface area contributed by atoms with Gasteiger partial charge in [-0.3, -0.25) is 0 Å². The SMILES string of the molecule is CC(=O)CCCN(C)c1ccc2c(c1)OCCO2. The normalized spacial score (nSPS) is 13.2. The molecule has 1 heterocycles. The van der Waals surface area contributed by atoms with Crippen LogP contribution in [0, 0.1) is 0 Å². The first-order valence-corrected chi connectivity index (χ1v) is 6.27. The molecule has 0 saturated carbocycles. The molecule has 0 spiro atoms. The van der Waals surface area contributed by atoms with E-state index in [1.54, 1.807) is 6.92 Å². The number of hydrogen-bond donors (Lipinski definition) is 0. The van der Waals surface area contributed by atoms with Crippen molar-refractivity contribution >= 4 is 11.5 Å². The van der Waals surface area contributed by atoms with Crippen molar-refractivity contribution in [2.24, 2.45) is 0 Å². The van der Waals surface area contributed by atoms with Crippen LogP contribution in [0.3, 0.4) is 0 Å². The molecule has 0 saturated heterocycles. The van der Waals surface area contributed by atoms with E-state index < -0.39 is 0 Å². The number of anilines is 1. The predicted molar refractivity (Wildman–Crippen MR) is 70.6 cm³/mol. The minimum absolute atomic E-state index is 0.241. The van der Waals surface area contributed by atoms with E-state index in [0.717, 1.165) is 30.2 Å². The van der Waals surface area contributed by atoms with Crippen molar-refractivity contribution in [3.8, 4) is 11.5 Å². The molecule has 0 unspecified atom stereocenters. The van der Waals surface area contributed by atoms with Gasteiger partial charge in [-0.2, -0.15) is 0 Å². The number of hydrogen-bond acceptors (Lipinski definition) is 4. The molecule has 0 bridgehead atoms. The highest BCUT2D eigenvalue weighted by Crippen LogP contribution is 2.33. The Morgan fingerprint density at radius 3 is 2.72 bits per heavy atom. The van der Waals surface area contributed by atoms with E-state index in [1.165, 1.54) is 0 Å². The van der Waals surface area contributed by atoms with Crippen LogP contribution < -0.4 is 14.4 Å². The molecule has 0 aliphatic carbocycles. The van der Waals surface area contributed by atoms with E-state index >= 15 is 0 Å². The molecule has 1 aromatic rings. The van der Waals surface area contributed by atoms with Gasteiger partial charge in [0.05, 0.1) is 0 Å². The third-order valence-corrected chi connectivity index (χ3v) is 2.99. The van der Waals surface area contributed by atoms with Gasteiger partial charge in [0.1, 0.15) is 19.0 Å². The fourth-order valence-electron chi connectivity index (χ4n) is 1.96. The molecule has 18 heavy (non-hydrogen) atoms. The fraction of sp³-hybridized carbons (Fsp3) is 0.500. The van der Waals surface area contributed by atoms with Crippen LogP contribution in [0.2, 0.25) is 0 Å². The number of benzene rings is 1. The zero-order valence-electron chi connectivity index (χ0n) is 10.9. The summed E-state index contributed by atoms with van der Waals surface area (Å²) in [5.41, 5.74) is 1.09. The average molecular weight is 249 g/mol. The van der Waals surface area contributed by atoms with E-state index in [0.29, 0.717) is 19.6 Å². The maximum atomic E-state index is 10.9. The molecule has 0 radical (unpaired) electrons. The quantitative estimate of drug-likeness (QED) is 0.802. The molecule has 0 atom stereocenters. The number of carbonyl (C=O) groups excluding carboxylic acids is 1. The summed E-state index contributed by atoms with van der Waals surface area (Å²) in [4.78, 5) is 13.0. The van der Waals surface area contributed by atoms with Gasteiger partial charge in [0, 0.05) is 31.8 Å². The first kappa shape index (κ1) is 12.7. The molecule has 1 aliphatic heterocycles. The van der Waals surface area contributed by atoms with Crippen LogP contribution in [0.4, 0.5) is 5.69 Å². The zero-order chi connectivity index (χ0) is 13.0. The molecule has 0 fully saturated rings. The lowest BCUT2D eigenvalue weighted by Crippen LogP contribution is -2.20. The summed E-state index contributed by atoms with van der Waals surface area (Å²) in [6, 6.07) is 5.94. The van der Waals surface area contributed by atoms with Gasteiger partial charge in [0.25, 0.3) is 0 Å². The van der Waals surface area contributed by atoms with Crippen molar-refractivity contribution in [1.29, 1.82) is 0 Å². The van der Waals surface area contributed by atoms with Crippen molar-refractivity contribution in [3.63, 3.8) is 0 Å². The van der Waals surface area contributed by atoms with Crippen LogP contribution in [0.1, 0.15) is 19.8 Å². The third-order valence-electron chi connectivity index (χ3n) is 2.99. The zero-order valence-corrected chi connectivity index (χ0v) is 10.9. The number of fused-ring (bicyclic) bond motifs is 1. The number of Topliss-reactive ketones (excluding diaryl/α,β-unsaturated/α-hetero) is 1. The van der Waals surface area contributed by atoms with Crippen molar-refractivity contribution in [1.82, 2.24) is 0 Å². The van der Waals surface area contributed by atoms with Crippen molar-refractivity contribution in [2.75, 3.05) is 31.7 Å². The van der Waals surface area contributed by atoms with E-state index in [9.17, 15) is 4.79 Å². The van der Waals surface area contributed by atoms with E-state index in [4.69, 9.17) is 9.47 Å². The lowest BCUT2D eigenvalue weighted by atomic mass is 10.2. The van der Waals surface area contributed by atoms with Crippen LogP contribution in [-0.4, -0.2) is 32.6 Å². The Morgan fingerprint density at radius 2 is 2.00 bits per heavy atom. The smallest absolute Gasteiger partial charge is 0.163 e. The standard InChI is InChI=1S/C14H19NO3/c1-11(16)4-3-7-15(2)12-5-6-13-14(10-12)18-9-8-17-13/h5-6,10H,3-4,7-9H2,1-2H3. The van der Waals surface area contributed by atoms with Gasteiger partial charge < -0.3 is 19.2 Å². The van der Waals surface area contributed by atoms with E-state index in [-0.39, 0.29) is 5.78 Å².